The van der Waals surface area contributed by atoms with Crippen molar-refractivity contribution in [3.63, 3.8) is 0 Å². The van der Waals surface area contributed by atoms with Crippen molar-refractivity contribution in [3.8, 4) is 17.9 Å². The minimum absolute atomic E-state index is 0.219. The highest BCUT2D eigenvalue weighted by Gasteiger charge is 2.37. The van der Waals surface area contributed by atoms with Crippen molar-refractivity contribution in [2.45, 2.75) is 12.8 Å². The number of allylic oxidation sites excluding steroid dienone is 1. The van der Waals surface area contributed by atoms with Crippen LogP contribution in [0.1, 0.15) is 21.5 Å². The zero-order valence-corrected chi connectivity index (χ0v) is 21.0. The van der Waals surface area contributed by atoms with E-state index in [1.807, 2.05) is 42.5 Å². The molecule has 0 amide bonds. The number of rotatable bonds is 7. The van der Waals surface area contributed by atoms with E-state index in [0.29, 0.717) is 11.5 Å². The molecule has 1 aliphatic heterocycles. The van der Waals surface area contributed by atoms with E-state index >= 15 is 0 Å². The number of hydrazone groups is 1. The molecule has 0 fully saturated rings. The Labute approximate surface area is 221 Å². The highest BCUT2D eigenvalue weighted by Crippen LogP contribution is 2.30. The topological polar surface area (TPSA) is 136 Å². The molecular weight excluding hydrogens is 569 g/mol. The lowest BCUT2D eigenvalue weighted by atomic mass is 9.95. The number of hydrogen-bond acceptors (Lipinski definition) is 7. The summed E-state index contributed by atoms with van der Waals surface area (Å²) >= 11 is 2.15. The molecule has 1 heterocycles. The number of hydrogen-bond donors (Lipinski definition) is 2. The van der Waals surface area contributed by atoms with Crippen LogP contribution in [0.4, 0.5) is 5.69 Å². The number of para-hydroxylation sites is 1. The van der Waals surface area contributed by atoms with E-state index in [-0.39, 0.29) is 17.7 Å². The molecule has 2 atom stereocenters. The molecule has 8 nitrogen and oxygen atoms in total. The quantitative estimate of drug-likeness (QED) is 0.299. The van der Waals surface area contributed by atoms with E-state index in [9.17, 15) is 15.3 Å². The average molecular weight is 589 g/mol. The smallest absolute Gasteiger partial charge is 0.335 e. The van der Waals surface area contributed by atoms with Gasteiger partial charge in [0.15, 0.2) is 0 Å². The molecule has 9 heteroatoms. The molecule has 0 bridgehead atoms. The number of halogens is 1. The highest BCUT2D eigenvalue weighted by atomic mass is 127. The Morgan fingerprint density at radius 2 is 1.86 bits per heavy atom. The normalized spacial score (nSPS) is 17.2. The summed E-state index contributed by atoms with van der Waals surface area (Å²) in [6.07, 6.45) is 0.977. The maximum absolute atomic E-state index is 11.0. The van der Waals surface area contributed by atoms with Gasteiger partial charge in [-0.15, -0.1) is 0 Å². The summed E-state index contributed by atoms with van der Waals surface area (Å²) in [6.45, 7) is 0.280. The number of nitriles is 2. The van der Waals surface area contributed by atoms with E-state index in [1.54, 1.807) is 29.3 Å². The van der Waals surface area contributed by atoms with Gasteiger partial charge in [0.2, 0.25) is 0 Å². The predicted molar refractivity (Wildman–Crippen MR) is 144 cm³/mol. The van der Waals surface area contributed by atoms with Crippen molar-refractivity contribution in [2.75, 3.05) is 5.01 Å². The van der Waals surface area contributed by atoms with Crippen LogP contribution in [0.2, 0.25) is 0 Å². The Morgan fingerprint density at radius 1 is 1.14 bits per heavy atom. The average Bonchev–Trinajstić information content (AvgIpc) is 3.23. The van der Waals surface area contributed by atoms with Crippen molar-refractivity contribution in [1.29, 1.82) is 10.5 Å². The van der Waals surface area contributed by atoms with E-state index < -0.39 is 18.1 Å². The molecule has 0 unspecified atom stereocenters. The van der Waals surface area contributed by atoms with Gasteiger partial charge in [0.25, 0.3) is 0 Å². The fourth-order valence-electron chi connectivity index (χ4n) is 3.68. The standard InChI is InChI=1S/C27H20IN5O3/c28-23-13-18(8-11-24(23)36-16-17-6-9-19(10-7-17)27(34)35)12-20(14-29)25-22(15-30)26(31)33(32-25)21-4-2-1-3-5-21/h1-13,22,26H,16,31H2,(H,34,35)/b20-12-/t22-,26+/m0/s1. The second-order valence-electron chi connectivity index (χ2n) is 7.91. The van der Waals surface area contributed by atoms with E-state index in [2.05, 4.69) is 39.8 Å². The van der Waals surface area contributed by atoms with Crippen LogP contribution in [-0.2, 0) is 6.61 Å². The molecule has 3 aromatic rings. The number of aromatic carboxylic acids is 1. The van der Waals surface area contributed by atoms with Gasteiger partial charge in [0.05, 0.1) is 32.2 Å². The van der Waals surface area contributed by atoms with Crippen LogP contribution >= 0.6 is 22.6 Å². The third-order valence-electron chi connectivity index (χ3n) is 5.55. The second-order valence-corrected chi connectivity index (χ2v) is 9.08. The largest absolute Gasteiger partial charge is 0.488 e. The van der Waals surface area contributed by atoms with Gasteiger partial charge >= 0.3 is 5.97 Å². The molecular formula is C27H20IN5O3. The number of ether oxygens (including phenoxy) is 1. The monoisotopic (exact) mass is 589 g/mol. The zero-order valence-electron chi connectivity index (χ0n) is 18.9. The number of benzene rings is 3. The number of carboxylic acid groups (broad SMARTS) is 1. The summed E-state index contributed by atoms with van der Waals surface area (Å²) < 4.78 is 6.72. The van der Waals surface area contributed by atoms with Gasteiger partial charge < -0.3 is 15.6 Å². The molecule has 36 heavy (non-hydrogen) atoms. The molecule has 3 N–H and O–H groups in total. The van der Waals surface area contributed by atoms with Gasteiger partial charge in [0.1, 0.15) is 30.5 Å². The molecule has 4 rings (SSSR count). The molecule has 0 radical (unpaired) electrons. The second kappa shape index (κ2) is 11.0. The first-order valence-electron chi connectivity index (χ1n) is 10.9. The van der Waals surface area contributed by atoms with Gasteiger partial charge in [-0.1, -0.05) is 36.4 Å². The Bertz CT molecular complexity index is 1420. The molecule has 0 aromatic heterocycles. The van der Waals surface area contributed by atoms with Crippen molar-refractivity contribution in [1.82, 2.24) is 0 Å². The first-order chi connectivity index (χ1) is 17.4. The number of carboxylic acids is 1. The van der Waals surface area contributed by atoms with Crippen molar-refractivity contribution >= 4 is 46.0 Å². The van der Waals surface area contributed by atoms with Gasteiger partial charge in [0, 0.05) is 0 Å². The lowest BCUT2D eigenvalue weighted by molar-refractivity contribution is 0.0697. The molecule has 0 saturated carbocycles. The van der Waals surface area contributed by atoms with Gasteiger partial charge in [-0.3, -0.25) is 0 Å². The van der Waals surface area contributed by atoms with E-state index in [0.717, 1.165) is 20.4 Å². The third-order valence-corrected chi connectivity index (χ3v) is 6.40. The first kappa shape index (κ1) is 24.9. The van der Waals surface area contributed by atoms with Crippen LogP contribution in [0, 0.1) is 32.2 Å². The molecule has 0 spiro atoms. The molecule has 1 aliphatic rings. The summed E-state index contributed by atoms with van der Waals surface area (Å²) in [5.74, 6) is -1.08. The van der Waals surface area contributed by atoms with Crippen LogP contribution in [0.5, 0.6) is 5.75 Å². The Balaban J connectivity index is 1.54. The summed E-state index contributed by atoms with van der Waals surface area (Å²) in [6, 6.07) is 25.6. The molecule has 3 aromatic carbocycles. The lowest BCUT2D eigenvalue weighted by Crippen LogP contribution is -2.40. The fraction of sp³-hybridized carbons (Fsp3) is 0.111. The Hall–Kier alpha value is -4.19. The van der Waals surface area contributed by atoms with Gasteiger partial charge in [-0.2, -0.15) is 15.6 Å². The molecule has 178 valence electrons. The van der Waals surface area contributed by atoms with Crippen LogP contribution in [-0.4, -0.2) is 23.0 Å². The van der Waals surface area contributed by atoms with Crippen molar-refractivity contribution < 1.29 is 14.6 Å². The molecule has 0 aliphatic carbocycles. The van der Waals surface area contributed by atoms with Gasteiger partial charge in [-0.25, -0.2) is 9.80 Å². The number of carbonyl (C=O) groups is 1. The summed E-state index contributed by atoms with van der Waals surface area (Å²) in [5.41, 5.74) is 9.44. The molecule has 0 saturated heterocycles. The number of nitrogens with two attached hydrogens (primary N) is 1. The van der Waals surface area contributed by atoms with Crippen molar-refractivity contribution in [2.24, 2.45) is 16.8 Å². The summed E-state index contributed by atoms with van der Waals surface area (Å²) in [5, 5.41) is 34.7. The summed E-state index contributed by atoms with van der Waals surface area (Å²) in [7, 11) is 0. The fourth-order valence-corrected chi connectivity index (χ4v) is 4.37. The highest BCUT2D eigenvalue weighted by molar-refractivity contribution is 14.1. The maximum Gasteiger partial charge on any atom is 0.335 e. The maximum atomic E-state index is 11.0. The minimum Gasteiger partial charge on any atom is -0.488 e. The third kappa shape index (κ3) is 5.38. The lowest BCUT2D eigenvalue weighted by Gasteiger charge is -2.21. The van der Waals surface area contributed by atoms with Crippen LogP contribution in [0.3, 0.4) is 0 Å². The van der Waals surface area contributed by atoms with E-state index in [1.165, 1.54) is 12.1 Å². The number of anilines is 1. The van der Waals surface area contributed by atoms with Crippen molar-refractivity contribution in [3.05, 3.63) is 98.6 Å². The number of nitrogens with zero attached hydrogens (tertiary/aromatic N) is 4. The Kier molecular flexibility index (Phi) is 7.64. The van der Waals surface area contributed by atoms with E-state index in [4.69, 9.17) is 15.6 Å². The minimum atomic E-state index is -0.975. The zero-order chi connectivity index (χ0) is 25.7. The Morgan fingerprint density at radius 3 is 2.47 bits per heavy atom. The van der Waals surface area contributed by atoms with Crippen LogP contribution in [0.25, 0.3) is 6.08 Å². The first-order valence-corrected chi connectivity index (χ1v) is 11.9. The van der Waals surface area contributed by atoms with Crippen LogP contribution in [0.15, 0.2) is 83.5 Å². The summed E-state index contributed by atoms with van der Waals surface area (Å²) in [4.78, 5) is 11.0. The predicted octanol–water partition coefficient (Wildman–Crippen LogP) is 4.78. The SMILES string of the molecule is N#C/C(=C/c1ccc(OCc2ccc(C(=O)O)cc2)c(I)c1)C1=NN(c2ccccc2)[C@@H](N)[C@H]1C#N. The van der Waals surface area contributed by atoms with Crippen LogP contribution < -0.4 is 15.5 Å². The van der Waals surface area contributed by atoms with Gasteiger partial charge in [-0.05, 0) is 76.2 Å².